The zero-order valence-corrected chi connectivity index (χ0v) is 18.9. The fourth-order valence-corrected chi connectivity index (χ4v) is 4.18. The Morgan fingerprint density at radius 3 is 2.52 bits per heavy atom. The molecule has 1 unspecified atom stereocenters. The summed E-state index contributed by atoms with van der Waals surface area (Å²) in [7, 11) is 0. The first-order valence-corrected chi connectivity index (χ1v) is 11.5. The van der Waals surface area contributed by atoms with Gasteiger partial charge in [0.25, 0.3) is 5.91 Å². The Morgan fingerprint density at radius 2 is 1.70 bits per heavy atom. The average molecular weight is 452 g/mol. The standard InChI is InChI=1S/C26H29NO6/c1-17(19-7-6-18-4-2-3-5-20(18)14-19)27-25(29)16-33-26(30)11-9-22(28)21-8-10-23-24(15-21)32-13-12-31-23/h6-8,10,14-15,17H,2-5,9,11-13,16H2,1H3,(H,27,29). The highest BCUT2D eigenvalue weighted by Gasteiger charge is 2.18. The highest BCUT2D eigenvalue weighted by molar-refractivity contribution is 5.98. The van der Waals surface area contributed by atoms with Crippen molar-refractivity contribution < 1.29 is 28.6 Å². The van der Waals surface area contributed by atoms with Crippen molar-refractivity contribution in [3.8, 4) is 11.5 Å². The topological polar surface area (TPSA) is 90.9 Å². The van der Waals surface area contributed by atoms with Crippen molar-refractivity contribution in [3.05, 3.63) is 58.7 Å². The smallest absolute Gasteiger partial charge is 0.306 e. The number of hydrogen-bond acceptors (Lipinski definition) is 6. The van der Waals surface area contributed by atoms with Gasteiger partial charge in [-0.05, 0) is 67.5 Å². The van der Waals surface area contributed by atoms with Crippen LogP contribution in [-0.2, 0) is 27.2 Å². The van der Waals surface area contributed by atoms with Gasteiger partial charge in [0.05, 0.1) is 12.5 Å². The first-order chi connectivity index (χ1) is 16.0. The monoisotopic (exact) mass is 451 g/mol. The van der Waals surface area contributed by atoms with Crippen molar-refractivity contribution in [2.24, 2.45) is 0 Å². The fraction of sp³-hybridized carbons (Fsp3) is 0.423. The lowest BCUT2D eigenvalue weighted by molar-refractivity contribution is -0.148. The summed E-state index contributed by atoms with van der Waals surface area (Å²) in [5, 5.41) is 2.87. The number of esters is 1. The van der Waals surface area contributed by atoms with Gasteiger partial charge >= 0.3 is 5.97 Å². The molecule has 0 aromatic heterocycles. The number of hydrogen-bond donors (Lipinski definition) is 1. The van der Waals surface area contributed by atoms with Crippen molar-refractivity contribution >= 4 is 17.7 Å². The van der Waals surface area contributed by atoms with Crippen LogP contribution in [0.3, 0.4) is 0 Å². The Kier molecular flexibility index (Phi) is 7.27. The summed E-state index contributed by atoms with van der Waals surface area (Å²) < 4.78 is 16.0. The van der Waals surface area contributed by atoms with E-state index in [0.29, 0.717) is 30.3 Å². The lowest BCUT2D eigenvalue weighted by Crippen LogP contribution is -2.31. The number of carbonyl (C=O) groups excluding carboxylic acids is 3. The number of Topliss-reactive ketones (excluding diaryl/α,β-unsaturated/α-hetero) is 1. The number of ether oxygens (including phenoxy) is 3. The molecule has 1 heterocycles. The number of aryl methyl sites for hydroxylation is 2. The van der Waals surface area contributed by atoms with E-state index in [4.69, 9.17) is 14.2 Å². The first kappa shape index (κ1) is 22.8. The van der Waals surface area contributed by atoms with Gasteiger partial charge in [-0.3, -0.25) is 14.4 Å². The summed E-state index contributed by atoms with van der Waals surface area (Å²) in [5.41, 5.74) is 4.24. The molecule has 0 bridgehead atoms. The van der Waals surface area contributed by atoms with Gasteiger partial charge in [0.2, 0.25) is 0 Å². The van der Waals surface area contributed by atoms with Crippen LogP contribution in [0.1, 0.15) is 65.7 Å². The molecule has 2 aliphatic rings. The lowest BCUT2D eigenvalue weighted by atomic mass is 9.89. The van der Waals surface area contributed by atoms with Gasteiger partial charge in [-0.15, -0.1) is 0 Å². The van der Waals surface area contributed by atoms with E-state index in [2.05, 4.69) is 17.4 Å². The predicted octanol–water partition coefficient (Wildman–Crippen LogP) is 3.72. The average Bonchev–Trinajstić information content (AvgIpc) is 2.85. The van der Waals surface area contributed by atoms with Crippen LogP contribution in [-0.4, -0.2) is 37.5 Å². The predicted molar refractivity (Wildman–Crippen MR) is 122 cm³/mol. The Labute approximate surface area is 193 Å². The molecular formula is C26H29NO6. The van der Waals surface area contributed by atoms with E-state index >= 15 is 0 Å². The second-order valence-electron chi connectivity index (χ2n) is 8.47. The molecule has 1 amide bonds. The van der Waals surface area contributed by atoms with Crippen molar-refractivity contribution in [3.63, 3.8) is 0 Å². The summed E-state index contributed by atoms with van der Waals surface area (Å²) in [4.78, 5) is 36.7. The van der Waals surface area contributed by atoms with Crippen LogP contribution in [0.5, 0.6) is 11.5 Å². The van der Waals surface area contributed by atoms with E-state index in [1.165, 1.54) is 24.0 Å². The number of nitrogens with one attached hydrogen (secondary N) is 1. The maximum atomic E-state index is 12.4. The molecule has 7 heteroatoms. The Morgan fingerprint density at radius 1 is 0.939 bits per heavy atom. The van der Waals surface area contributed by atoms with Crippen LogP contribution in [0.2, 0.25) is 0 Å². The van der Waals surface area contributed by atoms with Crippen molar-refractivity contribution in [2.45, 2.75) is 51.5 Å². The third kappa shape index (κ3) is 5.92. The van der Waals surface area contributed by atoms with E-state index in [9.17, 15) is 14.4 Å². The van der Waals surface area contributed by atoms with Gasteiger partial charge in [0.1, 0.15) is 13.2 Å². The molecule has 0 radical (unpaired) electrons. The number of fused-ring (bicyclic) bond motifs is 2. The van der Waals surface area contributed by atoms with Crippen LogP contribution >= 0.6 is 0 Å². The molecule has 1 atom stereocenters. The lowest BCUT2D eigenvalue weighted by Gasteiger charge is -2.20. The van der Waals surface area contributed by atoms with Crippen LogP contribution in [0.25, 0.3) is 0 Å². The third-order valence-corrected chi connectivity index (χ3v) is 6.03. The molecule has 7 nitrogen and oxygen atoms in total. The molecular weight excluding hydrogens is 422 g/mol. The first-order valence-electron chi connectivity index (χ1n) is 11.5. The van der Waals surface area contributed by atoms with Crippen molar-refractivity contribution in [1.29, 1.82) is 0 Å². The molecule has 1 aliphatic heterocycles. The van der Waals surface area contributed by atoms with E-state index in [1.54, 1.807) is 18.2 Å². The largest absolute Gasteiger partial charge is 0.486 e. The normalized spacial score (nSPS) is 15.2. The fourth-order valence-electron chi connectivity index (χ4n) is 4.18. The van der Waals surface area contributed by atoms with Gasteiger partial charge < -0.3 is 19.5 Å². The highest BCUT2D eigenvalue weighted by atomic mass is 16.6. The van der Waals surface area contributed by atoms with E-state index in [0.717, 1.165) is 18.4 Å². The zero-order valence-electron chi connectivity index (χ0n) is 18.9. The SMILES string of the molecule is CC(NC(=O)COC(=O)CCC(=O)c1ccc2c(c1)OCCO2)c1ccc2c(c1)CCCC2. The summed E-state index contributed by atoms with van der Waals surface area (Å²) in [6, 6.07) is 11.1. The molecule has 0 saturated carbocycles. The van der Waals surface area contributed by atoms with E-state index < -0.39 is 5.97 Å². The maximum Gasteiger partial charge on any atom is 0.306 e. The molecule has 2 aromatic rings. The van der Waals surface area contributed by atoms with Crippen LogP contribution in [0.4, 0.5) is 0 Å². The second kappa shape index (κ2) is 10.5. The van der Waals surface area contributed by atoms with Gasteiger partial charge in [-0.2, -0.15) is 0 Å². The van der Waals surface area contributed by atoms with Crippen molar-refractivity contribution in [2.75, 3.05) is 19.8 Å². The van der Waals surface area contributed by atoms with Crippen LogP contribution in [0.15, 0.2) is 36.4 Å². The number of carbonyl (C=O) groups is 3. The molecule has 33 heavy (non-hydrogen) atoms. The summed E-state index contributed by atoms with van der Waals surface area (Å²) >= 11 is 0. The van der Waals surface area contributed by atoms with Crippen LogP contribution < -0.4 is 14.8 Å². The minimum absolute atomic E-state index is 0.00831. The minimum atomic E-state index is -0.586. The second-order valence-corrected chi connectivity index (χ2v) is 8.47. The molecule has 1 aliphatic carbocycles. The van der Waals surface area contributed by atoms with Crippen LogP contribution in [0, 0.1) is 0 Å². The molecule has 0 spiro atoms. The highest BCUT2D eigenvalue weighted by Crippen LogP contribution is 2.31. The summed E-state index contributed by atoms with van der Waals surface area (Å²) in [5.74, 6) is -0.0224. The molecule has 0 fully saturated rings. The number of ketones is 1. The van der Waals surface area contributed by atoms with Gasteiger partial charge in [-0.25, -0.2) is 0 Å². The van der Waals surface area contributed by atoms with Gasteiger partial charge in [-0.1, -0.05) is 18.2 Å². The number of benzene rings is 2. The van der Waals surface area contributed by atoms with Crippen molar-refractivity contribution in [1.82, 2.24) is 5.32 Å². The number of rotatable bonds is 8. The molecule has 174 valence electrons. The Balaban J connectivity index is 1.20. The van der Waals surface area contributed by atoms with E-state index in [-0.39, 0.29) is 37.2 Å². The number of amides is 1. The Hall–Kier alpha value is -3.35. The van der Waals surface area contributed by atoms with Gasteiger partial charge in [0, 0.05) is 12.0 Å². The van der Waals surface area contributed by atoms with E-state index in [1.807, 2.05) is 13.0 Å². The maximum absolute atomic E-state index is 12.4. The molecule has 0 saturated heterocycles. The minimum Gasteiger partial charge on any atom is -0.486 e. The molecule has 1 N–H and O–H groups in total. The summed E-state index contributed by atoms with van der Waals surface area (Å²) in [6.07, 6.45) is 4.51. The molecule has 2 aromatic carbocycles. The van der Waals surface area contributed by atoms with Gasteiger partial charge in [0.15, 0.2) is 23.9 Å². The zero-order chi connectivity index (χ0) is 23.2. The quantitative estimate of drug-likeness (QED) is 0.486. The third-order valence-electron chi connectivity index (χ3n) is 6.03. The molecule has 4 rings (SSSR count). The Bertz CT molecular complexity index is 1050. The summed E-state index contributed by atoms with van der Waals surface area (Å²) in [6.45, 7) is 2.46.